The van der Waals surface area contributed by atoms with E-state index in [-0.39, 0.29) is 24.3 Å². The second-order valence-electron chi connectivity index (χ2n) is 4.78. The molecule has 1 amide bonds. The van der Waals surface area contributed by atoms with Crippen LogP contribution in [0.25, 0.3) is 0 Å². The van der Waals surface area contributed by atoms with Crippen LogP contribution < -0.4 is 10.1 Å². The number of hydrogen-bond donors (Lipinski definition) is 2. The first-order chi connectivity index (χ1) is 9.52. The molecule has 0 saturated heterocycles. The molecule has 0 bridgehead atoms. The Kier molecular flexibility index (Phi) is 4.57. The van der Waals surface area contributed by atoms with Crippen molar-refractivity contribution in [1.82, 2.24) is 5.32 Å². The monoisotopic (exact) mass is 283 g/mol. The molecule has 0 spiro atoms. The molecule has 0 saturated carbocycles. The summed E-state index contributed by atoms with van der Waals surface area (Å²) in [7, 11) is 1.46. The van der Waals surface area contributed by atoms with E-state index in [0.717, 1.165) is 0 Å². The normalized spacial score (nSPS) is 18.9. The summed E-state index contributed by atoms with van der Waals surface area (Å²) in [5, 5.41) is 12.7. The van der Waals surface area contributed by atoms with Gasteiger partial charge in [0.1, 0.15) is 6.10 Å². The summed E-state index contributed by atoms with van der Waals surface area (Å²) in [6.45, 7) is 1.83. The number of benzene rings is 1. The van der Waals surface area contributed by atoms with Crippen LogP contribution in [0.5, 0.6) is 5.75 Å². The molecule has 20 heavy (non-hydrogen) atoms. The standard InChI is InChI=1S/C14H18FNO4/c1-8(17)16-12-3-4-20-14-10(12)5-9(6-11(14)15)13(18)7-19-2/h5-6,12-13,18H,3-4,7H2,1-2H3,(H,16,17). The molecule has 5 nitrogen and oxygen atoms in total. The number of nitrogens with one attached hydrogen (secondary N) is 1. The smallest absolute Gasteiger partial charge is 0.217 e. The first-order valence-corrected chi connectivity index (χ1v) is 6.43. The molecule has 0 aromatic heterocycles. The summed E-state index contributed by atoms with van der Waals surface area (Å²) in [6, 6.07) is 2.58. The van der Waals surface area contributed by atoms with Crippen molar-refractivity contribution in [1.29, 1.82) is 0 Å². The van der Waals surface area contributed by atoms with Gasteiger partial charge in [-0.05, 0) is 17.7 Å². The van der Waals surface area contributed by atoms with Crippen molar-refractivity contribution >= 4 is 5.91 Å². The van der Waals surface area contributed by atoms with Gasteiger partial charge in [-0.3, -0.25) is 4.79 Å². The van der Waals surface area contributed by atoms with Gasteiger partial charge in [0.25, 0.3) is 0 Å². The van der Waals surface area contributed by atoms with E-state index < -0.39 is 11.9 Å². The maximum Gasteiger partial charge on any atom is 0.217 e. The van der Waals surface area contributed by atoms with Crippen LogP contribution in [-0.2, 0) is 9.53 Å². The van der Waals surface area contributed by atoms with E-state index in [1.165, 1.54) is 20.1 Å². The quantitative estimate of drug-likeness (QED) is 0.878. The second-order valence-corrected chi connectivity index (χ2v) is 4.78. The van der Waals surface area contributed by atoms with Gasteiger partial charge in [-0.25, -0.2) is 4.39 Å². The fraction of sp³-hybridized carbons (Fsp3) is 0.500. The Balaban J connectivity index is 2.37. The van der Waals surface area contributed by atoms with Crippen LogP contribution >= 0.6 is 0 Å². The molecule has 6 heteroatoms. The Hall–Kier alpha value is -1.66. The molecule has 1 aromatic carbocycles. The second kappa shape index (κ2) is 6.19. The van der Waals surface area contributed by atoms with Crippen molar-refractivity contribution < 1.29 is 23.8 Å². The molecule has 1 aliphatic heterocycles. The SMILES string of the molecule is COCC(O)c1cc(F)c2c(c1)C(NC(C)=O)CCO2. The number of fused-ring (bicyclic) bond motifs is 1. The van der Waals surface area contributed by atoms with Gasteiger partial charge >= 0.3 is 0 Å². The van der Waals surface area contributed by atoms with Gasteiger partial charge in [-0.2, -0.15) is 0 Å². The van der Waals surface area contributed by atoms with Crippen LogP contribution in [0.2, 0.25) is 0 Å². The molecule has 1 aliphatic rings. The number of ether oxygens (including phenoxy) is 2. The number of aliphatic hydroxyl groups is 1. The lowest BCUT2D eigenvalue weighted by molar-refractivity contribution is -0.119. The molecule has 110 valence electrons. The molecule has 2 N–H and O–H groups in total. The van der Waals surface area contributed by atoms with Gasteiger partial charge in [0.2, 0.25) is 5.91 Å². The van der Waals surface area contributed by atoms with E-state index in [0.29, 0.717) is 24.2 Å². The lowest BCUT2D eigenvalue weighted by atomic mass is 9.96. The predicted octanol–water partition coefficient (Wildman–Crippen LogP) is 1.47. The van der Waals surface area contributed by atoms with E-state index in [4.69, 9.17) is 9.47 Å². The van der Waals surface area contributed by atoms with Gasteiger partial charge in [-0.1, -0.05) is 0 Å². The summed E-state index contributed by atoms with van der Waals surface area (Å²) in [6.07, 6.45) is -0.352. The third kappa shape index (κ3) is 3.08. The average Bonchev–Trinajstić information content (AvgIpc) is 2.39. The highest BCUT2D eigenvalue weighted by molar-refractivity contribution is 5.73. The number of rotatable bonds is 4. The average molecular weight is 283 g/mol. The van der Waals surface area contributed by atoms with Crippen molar-refractivity contribution in [2.45, 2.75) is 25.5 Å². The van der Waals surface area contributed by atoms with Crippen molar-refractivity contribution in [3.63, 3.8) is 0 Å². The Bertz CT molecular complexity index is 506. The van der Waals surface area contributed by atoms with Crippen molar-refractivity contribution in [3.8, 4) is 5.75 Å². The van der Waals surface area contributed by atoms with Crippen LogP contribution in [-0.4, -0.2) is 31.3 Å². The molecule has 1 aromatic rings. The highest BCUT2D eigenvalue weighted by atomic mass is 19.1. The Morgan fingerprint density at radius 2 is 2.40 bits per heavy atom. The van der Waals surface area contributed by atoms with Gasteiger partial charge in [0.15, 0.2) is 11.6 Å². The minimum Gasteiger partial charge on any atom is -0.490 e. The molecule has 0 radical (unpaired) electrons. The first kappa shape index (κ1) is 14.7. The molecular formula is C14H18FNO4. The number of methoxy groups -OCH3 is 1. The minimum absolute atomic E-state index is 0.0733. The Morgan fingerprint density at radius 3 is 3.05 bits per heavy atom. The topological polar surface area (TPSA) is 67.8 Å². The largest absolute Gasteiger partial charge is 0.490 e. The third-order valence-electron chi connectivity index (χ3n) is 3.21. The lowest BCUT2D eigenvalue weighted by Crippen LogP contribution is -2.31. The zero-order valence-corrected chi connectivity index (χ0v) is 11.5. The lowest BCUT2D eigenvalue weighted by Gasteiger charge is -2.27. The number of aliphatic hydroxyl groups excluding tert-OH is 1. The predicted molar refractivity (Wildman–Crippen MR) is 69.9 cm³/mol. The molecular weight excluding hydrogens is 265 g/mol. The number of amides is 1. The Morgan fingerprint density at radius 1 is 1.65 bits per heavy atom. The first-order valence-electron chi connectivity index (χ1n) is 6.43. The Labute approximate surface area is 116 Å². The highest BCUT2D eigenvalue weighted by Crippen LogP contribution is 2.36. The van der Waals surface area contributed by atoms with Crippen LogP contribution in [0.15, 0.2) is 12.1 Å². The number of halogens is 1. The van der Waals surface area contributed by atoms with E-state index in [2.05, 4.69) is 5.32 Å². The van der Waals surface area contributed by atoms with Crippen LogP contribution in [0.1, 0.15) is 36.6 Å². The van der Waals surface area contributed by atoms with E-state index in [1.54, 1.807) is 6.07 Å². The van der Waals surface area contributed by atoms with Gasteiger partial charge in [-0.15, -0.1) is 0 Å². The molecule has 2 rings (SSSR count). The van der Waals surface area contributed by atoms with E-state index in [1.807, 2.05) is 0 Å². The maximum absolute atomic E-state index is 14.1. The number of carbonyl (C=O) groups excluding carboxylic acids is 1. The van der Waals surface area contributed by atoms with Crippen LogP contribution in [0.4, 0.5) is 4.39 Å². The summed E-state index contributed by atoms with van der Waals surface area (Å²) in [5.41, 5.74) is 0.959. The van der Waals surface area contributed by atoms with E-state index in [9.17, 15) is 14.3 Å². The number of carbonyl (C=O) groups is 1. The number of hydrogen-bond acceptors (Lipinski definition) is 4. The maximum atomic E-state index is 14.1. The van der Waals surface area contributed by atoms with Crippen molar-refractivity contribution in [2.24, 2.45) is 0 Å². The molecule has 0 fully saturated rings. The minimum atomic E-state index is -0.917. The summed E-state index contributed by atoms with van der Waals surface area (Å²) < 4.78 is 24.2. The van der Waals surface area contributed by atoms with Gasteiger partial charge in [0.05, 0.1) is 19.3 Å². The van der Waals surface area contributed by atoms with Crippen LogP contribution in [0.3, 0.4) is 0 Å². The molecule has 1 heterocycles. The van der Waals surface area contributed by atoms with Crippen molar-refractivity contribution in [3.05, 3.63) is 29.1 Å². The summed E-state index contributed by atoms with van der Waals surface area (Å²) >= 11 is 0. The summed E-state index contributed by atoms with van der Waals surface area (Å²) in [5.74, 6) is -0.586. The summed E-state index contributed by atoms with van der Waals surface area (Å²) in [4.78, 5) is 11.2. The van der Waals surface area contributed by atoms with Gasteiger partial charge < -0.3 is 19.9 Å². The fourth-order valence-corrected chi connectivity index (χ4v) is 2.32. The third-order valence-corrected chi connectivity index (χ3v) is 3.21. The van der Waals surface area contributed by atoms with Crippen LogP contribution in [0, 0.1) is 5.82 Å². The van der Waals surface area contributed by atoms with E-state index >= 15 is 0 Å². The highest BCUT2D eigenvalue weighted by Gasteiger charge is 2.26. The zero-order valence-electron chi connectivity index (χ0n) is 11.5. The fourth-order valence-electron chi connectivity index (χ4n) is 2.32. The van der Waals surface area contributed by atoms with Gasteiger partial charge in [0, 0.05) is 26.0 Å². The molecule has 0 aliphatic carbocycles. The molecule has 2 unspecified atom stereocenters. The molecule has 2 atom stereocenters. The zero-order chi connectivity index (χ0) is 14.7. The van der Waals surface area contributed by atoms with Crippen molar-refractivity contribution in [2.75, 3.05) is 20.3 Å².